The molecule has 6 heteroatoms. The Bertz CT molecular complexity index is 555. The molecule has 126 valence electrons. The first-order chi connectivity index (χ1) is 11.1. The molecule has 0 bridgehead atoms. The molecule has 0 aliphatic carbocycles. The van der Waals surface area contributed by atoms with E-state index in [0.29, 0.717) is 16.4 Å². The lowest BCUT2D eigenvalue weighted by atomic mass is 10.1. The number of likely N-dealkylation sites (N-methyl/N-ethyl adjacent to an activating group) is 1. The van der Waals surface area contributed by atoms with Crippen LogP contribution < -0.4 is 4.90 Å². The Morgan fingerprint density at radius 2 is 2.17 bits per heavy atom. The molecular weight excluding hydrogens is 314 g/mol. The van der Waals surface area contributed by atoms with E-state index in [1.165, 1.54) is 6.42 Å². The number of likely N-dealkylation sites (tertiary alicyclic amines) is 1. The van der Waals surface area contributed by atoms with E-state index in [2.05, 4.69) is 4.98 Å². The second-order valence-corrected chi connectivity index (χ2v) is 6.81. The summed E-state index contributed by atoms with van der Waals surface area (Å²) in [6, 6.07) is 1.74. The molecule has 2 aliphatic heterocycles. The van der Waals surface area contributed by atoms with E-state index in [0.717, 1.165) is 51.9 Å². The zero-order chi connectivity index (χ0) is 16.2. The molecule has 3 rings (SSSR count). The van der Waals surface area contributed by atoms with Crippen molar-refractivity contribution in [2.45, 2.75) is 38.2 Å². The quantitative estimate of drug-likeness (QED) is 0.847. The predicted molar refractivity (Wildman–Crippen MR) is 91.2 cm³/mol. The fourth-order valence-corrected chi connectivity index (χ4v) is 3.60. The van der Waals surface area contributed by atoms with Crippen LogP contribution in [0.4, 0.5) is 5.82 Å². The van der Waals surface area contributed by atoms with Crippen molar-refractivity contribution < 1.29 is 9.53 Å². The van der Waals surface area contributed by atoms with Crippen LogP contribution in [-0.2, 0) is 4.74 Å². The number of rotatable bonds is 4. The second-order valence-electron chi connectivity index (χ2n) is 6.40. The number of halogens is 1. The number of aromatic nitrogens is 1. The Morgan fingerprint density at radius 1 is 1.39 bits per heavy atom. The molecule has 1 amide bonds. The number of pyridine rings is 1. The molecule has 2 saturated heterocycles. The van der Waals surface area contributed by atoms with Crippen molar-refractivity contribution in [1.82, 2.24) is 9.88 Å². The van der Waals surface area contributed by atoms with E-state index in [4.69, 9.17) is 16.3 Å². The predicted octanol–water partition coefficient (Wildman–Crippen LogP) is 2.98. The lowest BCUT2D eigenvalue weighted by Crippen LogP contribution is -2.35. The van der Waals surface area contributed by atoms with Gasteiger partial charge in [0.2, 0.25) is 0 Å². The summed E-state index contributed by atoms with van der Waals surface area (Å²) in [5, 5.41) is 0.522. The molecule has 0 N–H and O–H groups in total. The summed E-state index contributed by atoms with van der Waals surface area (Å²) in [4.78, 5) is 20.8. The molecular formula is C17H24ClN3O2. The highest BCUT2D eigenvalue weighted by Crippen LogP contribution is 2.26. The topological polar surface area (TPSA) is 45.7 Å². The van der Waals surface area contributed by atoms with Gasteiger partial charge >= 0.3 is 0 Å². The van der Waals surface area contributed by atoms with Gasteiger partial charge in [0, 0.05) is 39.5 Å². The Hall–Kier alpha value is -1.33. The molecule has 1 unspecified atom stereocenters. The summed E-state index contributed by atoms with van der Waals surface area (Å²) in [6.45, 7) is 3.27. The van der Waals surface area contributed by atoms with Gasteiger partial charge < -0.3 is 14.5 Å². The summed E-state index contributed by atoms with van der Waals surface area (Å²) in [5.74, 6) is 0.741. The zero-order valence-electron chi connectivity index (χ0n) is 13.6. The molecule has 2 aliphatic rings. The van der Waals surface area contributed by atoms with Crippen LogP contribution in [0, 0.1) is 0 Å². The van der Waals surface area contributed by atoms with Gasteiger partial charge in [-0.25, -0.2) is 4.98 Å². The van der Waals surface area contributed by atoms with Crippen molar-refractivity contribution in [2.75, 3.05) is 38.2 Å². The molecule has 0 spiro atoms. The van der Waals surface area contributed by atoms with Crippen LogP contribution in [0.1, 0.15) is 42.5 Å². The smallest absolute Gasteiger partial charge is 0.255 e. The minimum atomic E-state index is 0.0347. The highest BCUT2D eigenvalue weighted by atomic mass is 35.5. The van der Waals surface area contributed by atoms with E-state index in [-0.39, 0.29) is 12.0 Å². The van der Waals surface area contributed by atoms with Crippen LogP contribution in [0.25, 0.3) is 0 Å². The van der Waals surface area contributed by atoms with Crippen LogP contribution in [-0.4, -0.2) is 55.2 Å². The monoisotopic (exact) mass is 337 g/mol. The highest BCUT2D eigenvalue weighted by molar-refractivity contribution is 6.33. The molecule has 5 nitrogen and oxygen atoms in total. The molecule has 3 heterocycles. The molecule has 1 aromatic heterocycles. The van der Waals surface area contributed by atoms with Gasteiger partial charge in [-0.1, -0.05) is 11.6 Å². The maximum absolute atomic E-state index is 12.5. The van der Waals surface area contributed by atoms with Crippen molar-refractivity contribution in [3.63, 3.8) is 0 Å². The van der Waals surface area contributed by atoms with Crippen molar-refractivity contribution in [3.8, 4) is 0 Å². The Balaban J connectivity index is 1.68. The first-order valence-electron chi connectivity index (χ1n) is 8.42. The van der Waals surface area contributed by atoms with Gasteiger partial charge in [0.1, 0.15) is 5.82 Å². The summed E-state index contributed by atoms with van der Waals surface area (Å²) in [6.07, 6.45) is 7.44. The largest absolute Gasteiger partial charge is 0.376 e. The van der Waals surface area contributed by atoms with E-state index in [1.807, 2.05) is 16.8 Å². The number of amides is 1. The number of piperidine rings is 1. The van der Waals surface area contributed by atoms with Crippen molar-refractivity contribution >= 4 is 23.3 Å². The third kappa shape index (κ3) is 3.96. The lowest BCUT2D eigenvalue weighted by molar-refractivity contribution is 0.0724. The minimum absolute atomic E-state index is 0.0347. The van der Waals surface area contributed by atoms with Crippen LogP contribution >= 0.6 is 11.6 Å². The normalized spacial score (nSPS) is 21.5. The molecule has 2 fully saturated rings. The molecule has 1 aromatic rings. The molecule has 0 saturated carbocycles. The highest BCUT2D eigenvalue weighted by Gasteiger charge is 2.22. The first-order valence-corrected chi connectivity index (χ1v) is 8.80. The van der Waals surface area contributed by atoms with Crippen LogP contribution in [0.5, 0.6) is 0 Å². The van der Waals surface area contributed by atoms with Crippen LogP contribution in [0.3, 0.4) is 0 Å². The standard InChI is InChI=1S/C17H24ClN3O2/c1-20(12-14-6-5-9-23-14)16-15(18)10-13(11-19-16)17(22)21-7-3-2-4-8-21/h10-11,14H,2-9,12H2,1H3. The fourth-order valence-electron chi connectivity index (χ4n) is 3.29. The third-order valence-corrected chi connectivity index (χ3v) is 4.85. The van der Waals surface area contributed by atoms with E-state index in [9.17, 15) is 4.79 Å². The number of carbonyl (C=O) groups is 1. The first kappa shape index (κ1) is 16.5. The van der Waals surface area contributed by atoms with Crippen LogP contribution in [0.15, 0.2) is 12.3 Å². The number of hydrogen-bond acceptors (Lipinski definition) is 4. The lowest BCUT2D eigenvalue weighted by Gasteiger charge is -2.27. The average Bonchev–Trinajstić information content (AvgIpc) is 3.07. The molecule has 23 heavy (non-hydrogen) atoms. The van der Waals surface area contributed by atoms with Gasteiger partial charge in [-0.15, -0.1) is 0 Å². The summed E-state index contributed by atoms with van der Waals surface area (Å²) in [7, 11) is 1.96. The Labute approximate surface area is 142 Å². The number of anilines is 1. The third-order valence-electron chi connectivity index (χ3n) is 4.58. The maximum atomic E-state index is 12.5. The fraction of sp³-hybridized carbons (Fsp3) is 0.647. The summed E-state index contributed by atoms with van der Waals surface area (Å²) >= 11 is 6.38. The number of nitrogens with zero attached hydrogens (tertiary/aromatic N) is 3. The zero-order valence-corrected chi connectivity index (χ0v) is 14.4. The second kappa shape index (κ2) is 7.49. The average molecular weight is 338 g/mol. The van der Waals surface area contributed by atoms with E-state index in [1.54, 1.807) is 12.3 Å². The van der Waals surface area contributed by atoms with Gasteiger partial charge in [-0.3, -0.25) is 4.79 Å². The maximum Gasteiger partial charge on any atom is 0.255 e. The summed E-state index contributed by atoms with van der Waals surface area (Å²) in [5.41, 5.74) is 0.575. The molecule has 0 aromatic carbocycles. The van der Waals surface area contributed by atoms with Crippen molar-refractivity contribution in [1.29, 1.82) is 0 Å². The van der Waals surface area contributed by atoms with E-state index >= 15 is 0 Å². The van der Waals surface area contributed by atoms with Gasteiger partial charge in [0.25, 0.3) is 5.91 Å². The minimum Gasteiger partial charge on any atom is -0.376 e. The Kier molecular flexibility index (Phi) is 5.38. The number of carbonyl (C=O) groups excluding carboxylic acids is 1. The molecule has 0 radical (unpaired) electrons. The van der Waals surface area contributed by atoms with Crippen molar-refractivity contribution in [2.24, 2.45) is 0 Å². The van der Waals surface area contributed by atoms with Gasteiger partial charge in [0.15, 0.2) is 0 Å². The van der Waals surface area contributed by atoms with Crippen molar-refractivity contribution in [3.05, 3.63) is 22.8 Å². The SMILES string of the molecule is CN(CC1CCCO1)c1ncc(C(=O)N2CCCCC2)cc1Cl. The van der Waals surface area contributed by atoms with Crippen LogP contribution in [0.2, 0.25) is 5.02 Å². The van der Waals surface area contributed by atoms with E-state index < -0.39 is 0 Å². The molecule has 1 atom stereocenters. The number of hydrogen-bond donors (Lipinski definition) is 0. The summed E-state index contributed by atoms with van der Waals surface area (Å²) < 4.78 is 5.65. The number of ether oxygens (including phenoxy) is 1. The van der Waals surface area contributed by atoms with Gasteiger partial charge in [0.05, 0.1) is 16.7 Å². The van der Waals surface area contributed by atoms with Gasteiger partial charge in [-0.05, 0) is 38.2 Å². The Morgan fingerprint density at radius 3 is 2.83 bits per heavy atom. The van der Waals surface area contributed by atoms with Gasteiger partial charge in [-0.2, -0.15) is 0 Å².